The van der Waals surface area contributed by atoms with Gasteiger partial charge in [0.25, 0.3) is 0 Å². The first-order chi connectivity index (χ1) is 12.3. The zero-order valence-electron chi connectivity index (χ0n) is 13.1. The third-order valence-corrected chi connectivity index (χ3v) is 4.45. The number of carboxylic acid groups (broad SMARTS) is 1. The first-order valence-corrected chi connectivity index (χ1v) is 8.21. The van der Waals surface area contributed by atoms with Crippen LogP contribution in [0.1, 0.15) is 28.4 Å². The van der Waals surface area contributed by atoms with Crippen LogP contribution in [0.25, 0.3) is 0 Å². The van der Waals surface area contributed by atoms with Gasteiger partial charge in [-0.15, -0.1) is 13.2 Å². The summed E-state index contributed by atoms with van der Waals surface area (Å²) in [6.45, 7) is 0. The molecular weight excluding hydrogens is 371 g/mol. The number of ether oxygens (including phenoxy) is 1. The molecule has 0 aliphatic carbocycles. The maximum absolute atomic E-state index is 12.2. The second-order valence-corrected chi connectivity index (χ2v) is 6.48. The number of carbonyl (C=O) groups is 1. The van der Waals surface area contributed by atoms with Crippen molar-refractivity contribution < 1.29 is 32.6 Å². The maximum atomic E-state index is 12.2. The smallest absolute Gasteiger partial charge is 0.478 e. The second kappa shape index (κ2) is 7.28. The number of hydrogen-bond acceptors (Lipinski definition) is 5. The molecule has 26 heavy (non-hydrogen) atoms. The number of thioether (sulfide) groups is 1. The monoisotopic (exact) mass is 383 g/mol. The predicted octanol–water partition coefficient (Wildman–Crippen LogP) is 4.85. The summed E-state index contributed by atoms with van der Waals surface area (Å²) in [4.78, 5) is 17.0. The van der Waals surface area contributed by atoms with Crippen LogP contribution in [0, 0.1) is 0 Å². The minimum atomic E-state index is -4.73. The highest BCUT2D eigenvalue weighted by molar-refractivity contribution is 8.14. The Morgan fingerprint density at radius 1 is 1.15 bits per heavy atom. The zero-order chi connectivity index (χ0) is 18.7. The minimum absolute atomic E-state index is 0.193. The van der Waals surface area contributed by atoms with E-state index in [2.05, 4.69) is 9.89 Å². The van der Waals surface area contributed by atoms with Crippen molar-refractivity contribution in [3.8, 4) is 5.75 Å². The Labute approximate surface area is 150 Å². The molecular formula is C17H12F3NO4S. The van der Waals surface area contributed by atoms with E-state index in [1.54, 1.807) is 12.1 Å². The number of carboxylic acids is 1. The lowest BCUT2D eigenvalue weighted by atomic mass is 10.1. The molecule has 0 aromatic heterocycles. The summed E-state index contributed by atoms with van der Waals surface area (Å²) < 4.78 is 40.3. The second-order valence-electron chi connectivity index (χ2n) is 5.33. The van der Waals surface area contributed by atoms with Gasteiger partial charge in [-0.2, -0.15) is 0 Å². The van der Waals surface area contributed by atoms with E-state index >= 15 is 0 Å². The number of hydrogen-bond donors (Lipinski definition) is 1. The highest BCUT2D eigenvalue weighted by atomic mass is 32.2. The van der Waals surface area contributed by atoms with Crippen LogP contribution < -0.4 is 4.74 Å². The number of alkyl halides is 3. The average Bonchev–Trinajstić information content (AvgIpc) is 3.03. The molecule has 0 saturated carbocycles. The standard InChI is InChI=1S/C17H12F3NO4S/c18-17(19,20)24-12-5-1-10(2-6-12)14-9-15(21-25-14)26-13-7-3-11(4-8-13)16(22)23/h1-8,14H,9H2,(H,22,23)/t14-/m0/s1. The number of halogens is 3. The Balaban J connectivity index is 1.58. The molecule has 2 aromatic carbocycles. The first-order valence-electron chi connectivity index (χ1n) is 7.40. The Bertz CT molecular complexity index is 819. The molecule has 0 amide bonds. The van der Waals surface area contributed by atoms with Crippen LogP contribution >= 0.6 is 11.8 Å². The van der Waals surface area contributed by atoms with E-state index < -0.39 is 18.4 Å². The Morgan fingerprint density at radius 3 is 2.38 bits per heavy atom. The van der Waals surface area contributed by atoms with E-state index in [0.29, 0.717) is 17.0 Å². The van der Waals surface area contributed by atoms with Crippen molar-refractivity contribution in [1.82, 2.24) is 0 Å². The summed E-state index contributed by atoms with van der Waals surface area (Å²) in [6.07, 6.45) is -4.66. The lowest BCUT2D eigenvalue weighted by molar-refractivity contribution is -0.274. The highest BCUT2D eigenvalue weighted by Gasteiger charge is 2.31. The largest absolute Gasteiger partial charge is 0.573 e. The van der Waals surface area contributed by atoms with Gasteiger partial charge in [-0.25, -0.2) is 4.79 Å². The van der Waals surface area contributed by atoms with Gasteiger partial charge < -0.3 is 14.7 Å². The fourth-order valence-electron chi connectivity index (χ4n) is 2.28. The summed E-state index contributed by atoms with van der Waals surface area (Å²) in [7, 11) is 0. The number of oxime groups is 1. The normalized spacial score (nSPS) is 16.7. The van der Waals surface area contributed by atoms with Crippen LogP contribution in [0.2, 0.25) is 0 Å². The van der Waals surface area contributed by atoms with Gasteiger partial charge in [0.15, 0.2) is 6.10 Å². The summed E-state index contributed by atoms with van der Waals surface area (Å²) >= 11 is 1.34. The van der Waals surface area contributed by atoms with E-state index in [0.717, 1.165) is 4.90 Å². The van der Waals surface area contributed by atoms with E-state index in [9.17, 15) is 18.0 Å². The molecule has 0 spiro atoms. The molecule has 1 atom stereocenters. The van der Waals surface area contributed by atoms with Crippen molar-refractivity contribution in [1.29, 1.82) is 0 Å². The van der Waals surface area contributed by atoms with Crippen LogP contribution in [0.3, 0.4) is 0 Å². The summed E-state index contributed by atoms with van der Waals surface area (Å²) in [5.74, 6) is -1.30. The topological polar surface area (TPSA) is 68.1 Å². The first kappa shape index (κ1) is 18.1. The molecule has 0 radical (unpaired) electrons. The van der Waals surface area contributed by atoms with Crippen molar-refractivity contribution in [3.05, 3.63) is 59.7 Å². The molecule has 0 fully saturated rings. The number of aromatic carboxylic acids is 1. The molecule has 0 unspecified atom stereocenters. The minimum Gasteiger partial charge on any atom is -0.478 e. The summed E-state index contributed by atoms with van der Waals surface area (Å²) in [5.41, 5.74) is 0.873. The predicted molar refractivity (Wildman–Crippen MR) is 88.3 cm³/mol. The van der Waals surface area contributed by atoms with Crippen LogP contribution in [-0.2, 0) is 4.84 Å². The molecule has 136 valence electrons. The third kappa shape index (κ3) is 4.69. The fraction of sp³-hybridized carbons (Fsp3) is 0.176. The molecule has 0 saturated heterocycles. The molecule has 3 rings (SSSR count). The lowest BCUT2D eigenvalue weighted by Crippen LogP contribution is -2.17. The van der Waals surface area contributed by atoms with Gasteiger partial charge in [-0.1, -0.05) is 29.1 Å². The molecule has 1 heterocycles. The van der Waals surface area contributed by atoms with Gasteiger partial charge >= 0.3 is 12.3 Å². The van der Waals surface area contributed by atoms with Crippen molar-refractivity contribution >= 4 is 22.8 Å². The van der Waals surface area contributed by atoms with E-state index in [1.165, 1.54) is 48.2 Å². The van der Waals surface area contributed by atoms with Crippen molar-refractivity contribution in [3.63, 3.8) is 0 Å². The van der Waals surface area contributed by atoms with Crippen molar-refractivity contribution in [2.75, 3.05) is 0 Å². The van der Waals surface area contributed by atoms with Gasteiger partial charge in [-0.05, 0) is 42.0 Å². The van der Waals surface area contributed by atoms with Crippen LogP contribution in [0.4, 0.5) is 13.2 Å². The quantitative estimate of drug-likeness (QED) is 0.817. The number of benzene rings is 2. The summed E-state index contributed by atoms with van der Waals surface area (Å²) in [5, 5.41) is 13.5. The molecule has 0 bridgehead atoms. The van der Waals surface area contributed by atoms with Crippen LogP contribution in [0.15, 0.2) is 58.6 Å². The molecule has 5 nitrogen and oxygen atoms in total. The Morgan fingerprint density at radius 2 is 1.81 bits per heavy atom. The fourth-order valence-corrected chi connectivity index (χ4v) is 3.14. The average molecular weight is 383 g/mol. The van der Waals surface area contributed by atoms with Gasteiger partial charge in [0.1, 0.15) is 10.8 Å². The van der Waals surface area contributed by atoms with Crippen LogP contribution in [0.5, 0.6) is 5.75 Å². The maximum Gasteiger partial charge on any atom is 0.573 e. The number of nitrogens with zero attached hydrogens (tertiary/aromatic N) is 1. The van der Waals surface area contributed by atoms with E-state index in [1.807, 2.05) is 0 Å². The lowest BCUT2D eigenvalue weighted by Gasteiger charge is -2.11. The SMILES string of the molecule is O=C(O)c1ccc(SC2=NO[C@H](c3ccc(OC(F)(F)F)cc3)C2)cc1. The Hall–Kier alpha value is -2.68. The molecule has 1 aliphatic rings. The van der Waals surface area contributed by atoms with Gasteiger partial charge in [0, 0.05) is 11.3 Å². The number of rotatable bonds is 4. The Kier molecular flexibility index (Phi) is 5.08. The van der Waals surface area contributed by atoms with Gasteiger partial charge in [0.05, 0.1) is 5.56 Å². The van der Waals surface area contributed by atoms with Gasteiger partial charge in [-0.3, -0.25) is 0 Å². The van der Waals surface area contributed by atoms with Crippen LogP contribution in [-0.4, -0.2) is 22.5 Å². The van der Waals surface area contributed by atoms with Gasteiger partial charge in [0.2, 0.25) is 0 Å². The van der Waals surface area contributed by atoms with E-state index in [-0.39, 0.29) is 11.3 Å². The summed E-state index contributed by atoms with van der Waals surface area (Å²) in [6, 6.07) is 11.8. The van der Waals surface area contributed by atoms with E-state index in [4.69, 9.17) is 9.94 Å². The third-order valence-electron chi connectivity index (χ3n) is 3.46. The molecule has 1 N–H and O–H groups in total. The highest BCUT2D eigenvalue weighted by Crippen LogP contribution is 2.35. The zero-order valence-corrected chi connectivity index (χ0v) is 13.9. The van der Waals surface area contributed by atoms with Crippen molar-refractivity contribution in [2.45, 2.75) is 23.8 Å². The molecule has 9 heteroatoms. The van der Waals surface area contributed by atoms with Crippen molar-refractivity contribution in [2.24, 2.45) is 5.16 Å². The molecule has 1 aliphatic heterocycles. The molecule has 2 aromatic rings.